The molecule has 1 atom stereocenters. The Bertz CT molecular complexity index is 320. The molecule has 1 aromatic rings. The molecule has 3 N–H and O–H groups in total. The fourth-order valence-corrected chi connectivity index (χ4v) is 1.45. The minimum Gasteiger partial charge on any atom is -0.497 e. The van der Waals surface area contributed by atoms with Crippen LogP contribution < -0.4 is 10.1 Å². The first-order valence-electron chi connectivity index (χ1n) is 4.53. The second-order valence-electron chi connectivity index (χ2n) is 3.06. The molecule has 0 amide bonds. The van der Waals surface area contributed by atoms with Crippen LogP contribution in [0, 0.1) is 0 Å². The highest BCUT2D eigenvalue weighted by molar-refractivity contribution is 9.10. The van der Waals surface area contributed by atoms with Crippen molar-refractivity contribution in [1.29, 1.82) is 0 Å². The van der Waals surface area contributed by atoms with E-state index in [0.717, 1.165) is 15.9 Å². The van der Waals surface area contributed by atoms with Crippen LogP contribution in [0.5, 0.6) is 5.75 Å². The second-order valence-corrected chi connectivity index (χ2v) is 3.92. The van der Waals surface area contributed by atoms with Crippen LogP contribution in [-0.4, -0.2) is 36.6 Å². The maximum atomic E-state index is 9.18. The van der Waals surface area contributed by atoms with Gasteiger partial charge in [0.05, 0.1) is 25.5 Å². The minimum absolute atomic E-state index is 0.255. The largest absolute Gasteiger partial charge is 0.497 e. The van der Waals surface area contributed by atoms with Crippen molar-refractivity contribution >= 4 is 21.6 Å². The third-order valence-corrected chi connectivity index (χ3v) is 2.60. The van der Waals surface area contributed by atoms with E-state index in [9.17, 15) is 5.11 Å². The summed E-state index contributed by atoms with van der Waals surface area (Å²) in [7, 11) is 1.59. The van der Waals surface area contributed by atoms with Crippen molar-refractivity contribution in [2.45, 2.75) is 6.10 Å². The van der Waals surface area contributed by atoms with Crippen LogP contribution in [0.4, 0.5) is 5.69 Å². The second kappa shape index (κ2) is 5.95. The molecule has 1 aromatic carbocycles. The lowest BCUT2D eigenvalue weighted by atomic mass is 10.3. The minimum atomic E-state index is -0.761. The molecule has 1 rings (SSSR count). The topological polar surface area (TPSA) is 61.7 Å². The van der Waals surface area contributed by atoms with Gasteiger partial charge in [0.25, 0.3) is 0 Å². The van der Waals surface area contributed by atoms with Gasteiger partial charge in [-0.2, -0.15) is 0 Å². The van der Waals surface area contributed by atoms with Gasteiger partial charge in [-0.15, -0.1) is 0 Å². The van der Waals surface area contributed by atoms with Gasteiger partial charge >= 0.3 is 0 Å². The van der Waals surface area contributed by atoms with E-state index in [4.69, 9.17) is 9.84 Å². The zero-order valence-electron chi connectivity index (χ0n) is 8.40. The van der Waals surface area contributed by atoms with Gasteiger partial charge in [0.2, 0.25) is 0 Å². The smallest absolute Gasteiger partial charge is 0.121 e. The Hall–Kier alpha value is -0.780. The van der Waals surface area contributed by atoms with Crippen molar-refractivity contribution in [2.75, 3.05) is 25.6 Å². The van der Waals surface area contributed by atoms with Crippen LogP contribution in [0.3, 0.4) is 0 Å². The number of benzene rings is 1. The summed E-state index contributed by atoms with van der Waals surface area (Å²) in [6.07, 6.45) is -0.761. The Labute approximate surface area is 97.0 Å². The van der Waals surface area contributed by atoms with Gasteiger partial charge < -0.3 is 20.3 Å². The van der Waals surface area contributed by atoms with Crippen molar-refractivity contribution < 1.29 is 14.9 Å². The van der Waals surface area contributed by atoms with E-state index >= 15 is 0 Å². The number of nitrogens with one attached hydrogen (secondary N) is 1. The lowest BCUT2D eigenvalue weighted by Crippen LogP contribution is -2.23. The molecule has 0 heterocycles. The van der Waals surface area contributed by atoms with Gasteiger partial charge in [0.1, 0.15) is 5.75 Å². The maximum absolute atomic E-state index is 9.18. The molecule has 0 aromatic heterocycles. The molecular weight excluding hydrogens is 262 g/mol. The van der Waals surface area contributed by atoms with Crippen molar-refractivity contribution in [1.82, 2.24) is 0 Å². The molecular formula is C10H14BrNO3. The Morgan fingerprint density at radius 3 is 2.87 bits per heavy atom. The van der Waals surface area contributed by atoms with Gasteiger partial charge in [-0.1, -0.05) is 0 Å². The summed E-state index contributed by atoms with van der Waals surface area (Å²) in [5.41, 5.74) is 0.821. The number of aliphatic hydroxyl groups excluding tert-OH is 2. The van der Waals surface area contributed by atoms with Gasteiger partial charge in [-0.3, -0.25) is 0 Å². The van der Waals surface area contributed by atoms with E-state index in [1.807, 2.05) is 18.2 Å². The Balaban J connectivity index is 2.66. The summed E-state index contributed by atoms with van der Waals surface area (Å²) in [5.74, 6) is 0.735. The molecule has 15 heavy (non-hydrogen) atoms. The summed E-state index contributed by atoms with van der Waals surface area (Å²) in [6, 6.07) is 5.50. The first kappa shape index (κ1) is 12.3. The highest BCUT2D eigenvalue weighted by atomic mass is 79.9. The fourth-order valence-electron chi connectivity index (χ4n) is 1.06. The zero-order valence-corrected chi connectivity index (χ0v) is 9.99. The lowest BCUT2D eigenvalue weighted by Gasteiger charge is -2.12. The molecule has 0 fully saturated rings. The number of hydrogen-bond acceptors (Lipinski definition) is 4. The number of methoxy groups -OCH3 is 1. The van der Waals surface area contributed by atoms with Crippen LogP contribution in [0.25, 0.3) is 0 Å². The van der Waals surface area contributed by atoms with Crippen LogP contribution in [0.1, 0.15) is 0 Å². The van der Waals surface area contributed by atoms with Crippen molar-refractivity contribution in [3.05, 3.63) is 22.7 Å². The van der Waals surface area contributed by atoms with E-state index in [2.05, 4.69) is 21.2 Å². The molecule has 0 aliphatic carbocycles. The van der Waals surface area contributed by atoms with Crippen molar-refractivity contribution in [2.24, 2.45) is 0 Å². The number of hydrogen-bond donors (Lipinski definition) is 3. The summed E-state index contributed by atoms with van der Waals surface area (Å²) in [6.45, 7) is 0.0385. The summed E-state index contributed by atoms with van der Waals surface area (Å²) >= 11 is 3.37. The van der Waals surface area contributed by atoms with E-state index in [0.29, 0.717) is 6.54 Å². The molecule has 5 heteroatoms. The summed E-state index contributed by atoms with van der Waals surface area (Å²) in [5, 5.41) is 20.8. The van der Waals surface area contributed by atoms with Gasteiger partial charge in [-0.05, 0) is 28.1 Å². The first-order valence-corrected chi connectivity index (χ1v) is 5.33. The van der Waals surface area contributed by atoms with Crippen LogP contribution >= 0.6 is 15.9 Å². The quantitative estimate of drug-likeness (QED) is 0.756. The Morgan fingerprint density at radius 2 is 2.27 bits per heavy atom. The predicted molar refractivity (Wildman–Crippen MR) is 62.3 cm³/mol. The standard InChI is InChI=1S/C10H14BrNO3/c1-15-8-2-3-9(11)10(4-8)12-5-7(14)6-13/h2-4,7,12-14H,5-6H2,1H3. The normalized spacial score (nSPS) is 12.3. The Kier molecular flexibility index (Phi) is 4.87. The number of halogens is 1. The molecule has 84 valence electrons. The molecule has 0 aliphatic rings. The number of ether oxygens (including phenoxy) is 1. The molecule has 0 spiro atoms. The monoisotopic (exact) mass is 275 g/mol. The number of anilines is 1. The maximum Gasteiger partial charge on any atom is 0.121 e. The molecule has 4 nitrogen and oxygen atoms in total. The molecule has 1 unspecified atom stereocenters. The molecule has 0 bridgehead atoms. The number of aliphatic hydroxyl groups is 2. The first-order chi connectivity index (χ1) is 7.17. The SMILES string of the molecule is COc1ccc(Br)c(NCC(O)CO)c1. The molecule has 0 saturated heterocycles. The third kappa shape index (κ3) is 3.70. The highest BCUT2D eigenvalue weighted by Gasteiger charge is 2.05. The van der Waals surface area contributed by atoms with Crippen LogP contribution in [0.2, 0.25) is 0 Å². The van der Waals surface area contributed by atoms with E-state index in [1.165, 1.54) is 0 Å². The van der Waals surface area contributed by atoms with E-state index in [-0.39, 0.29) is 6.61 Å². The summed E-state index contributed by atoms with van der Waals surface area (Å²) < 4.78 is 5.95. The molecule has 0 saturated carbocycles. The molecule has 0 radical (unpaired) electrons. The predicted octanol–water partition coefficient (Wildman–Crippen LogP) is 1.22. The lowest BCUT2D eigenvalue weighted by molar-refractivity contribution is 0.105. The van der Waals surface area contributed by atoms with E-state index in [1.54, 1.807) is 7.11 Å². The van der Waals surface area contributed by atoms with Crippen molar-refractivity contribution in [3.63, 3.8) is 0 Å². The van der Waals surface area contributed by atoms with Crippen molar-refractivity contribution in [3.8, 4) is 5.75 Å². The average Bonchev–Trinajstić information content (AvgIpc) is 2.27. The van der Waals surface area contributed by atoms with Gasteiger partial charge in [-0.25, -0.2) is 0 Å². The molecule has 0 aliphatic heterocycles. The van der Waals surface area contributed by atoms with E-state index < -0.39 is 6.10 Å². The highest BCUT2D eigenvalue weighted by Crippen LogP contribution is 2.26. The van der Waals surface area contributed by atoms with Crippen LogP contribution in [-0.2, 0) is 0 Å². The van der Waals surface area contributed by atoms with Gasteiger partial charge in [0.15, 0.2) is 0 Å². The van der Waals surface area contributed by atoms with Crippen LogP contribution in [0.15, 0.2) is 22.7 Å². The fraction of sp³-hybridized carbons (Fsp3) is 0.400. The summed E-state index contributed by atoms with van der Waals surface area (Å²) in [4.78, 5) is 0. The third-order valence-electron chi connectivity index (χ3n) is 1.91. The van der Waals surface area contributed by atoms with Gasteiger partial charge in [0, 0.05) is 17.1 Å². The number of rotatable bonds is 5. The Morgan fingerprint density at radius 1 is 1.53 bits per heavy atom. The zero-order chi connectivity index (χ0) is 11.3. The average molecular weight is 276 g/mol.